The quantitative estimate of drug-likeness (QED) is 0.765. The van der Waals surface area contributed by atoms with Gasteiger partial charge in [-0.3, -0.25) is 0 Å². The molecule has 2 rings (SSSR count). The van der Waals surface area contributed by atoms with E-state index in [1.54, 1.807) is 0 Å². The molecule has 0 bridgehead atoms. The number of ether oxygens (including phenoxy) is 1. The molecular weight excluding hydrogens is 208 g/mol. The SMILES string of the molecule is CC1(C)O[C@@H]1Cc1cc(C(=O)O)ccc1O. The van der Waals surface area contributed by atoms with Crippen LogP contribution in [0.5, 0.6) is 5.75 Å². The predicted molar refractivity (Wildman–Crippen MR) is 57.7 cm³/mol. The van der Waals surface area contributed by atoms with E-state index in [-0.39, 0.29) is 23.0 Å². The first-order valence-electron chi connectivity index (χ1n) is 5.13. The van der Waals surface area contributed by atoms with Crippen molar-refractivity contribution in [2.24, 2.45) is 0 Å². The van der Waals surface area contributed by atoms with Crippen LogP contribution in [0.25, 0.3) is 0 Å². The fourth-order valence-electron chi connectivity index (χ4n) is 1.70. The normalized spacial score (nSPS) is 21.8. The number of carboxylic acids is 1. The molecule has 86 valence electrons. The van der Waals surface area contributed by atoms with Crippen molar-refractivity contribution < 1.29 is 19.7 Å². The first-order valence-corrected chi connectivity index (χ1v) is 5.13. The Bertz CT molecular complexity index is 437. The Labute approximate surface area is 93.5 Å². The van der Waals surface area contributed by atoms with Gasteiger partial charge in [0.15, 0.2) is 0 Å². The van der Waals surface area contributed by atoms with Crippen molar-refractivity contribution in [3.63, 3.8) is 0 Å². The van der Waals surface area contributed by atoms with Gasteiger partial charge >= 0.3 is 5.97 Å². The molecular formula is C12H14O4. The van der Waals surface area contributed by atoms with Gasteiger partial charge < -0.3 is 14.9 Å². The summed E-state index contributed by atoms with van der Waals surface area (Å²) in [6.07, 6.45) is 0.599. The molecule has 4 heteroatoms. The van der Waals surface area contributed by atoms with Gasteiger partial charge in [0.25, 0.3) is 0 Å². The molecule has 1 fully saturated rings. The zero-order valence-corrected chi connectivity index (χ0v) is 9.23. The molecule has 0 unspecified atom stereocenters. The van der Waals surface area contributed by atoms with E-state index in [1.165, 1.54) is 18.2 Å². The third kappa shape index (κ3) is 2.02. The Kier molecular flexibility index (Phi) is 2.39. The molecule has 1 heterocycles. The molecule has 0 aromatic heterocycles. The average Bonchev–Trinajstić information content (AvgIpc) is 2.77. The summed E-state index contributed by atoms with van der Waals surface area (Å²) in [7, 11) is 0. The molecule has 0 spiro atoms. The highest BCUT2D eigenvalue weighted by atomic mass is 16.6. The van der Waals surface area contributed by atoms with E-state index >= 15 is 0 Å². The van der Waals surface area contributed by atoms with Crippen molar-refractivity contribution in [1.82, 2.24) is 0 Å². The van der Waals surface area contributed by atoms with Crippen LogP contribution in [0.15, 0.2) is 18.2 Å². The number of rotatable bonds is 3. The predicted octanol–water partition coefficient (Wildman–Crippen LogP) is 1.81. The van der Waals surface area contributed by atoms with E-state index in [4.69, 9.17) is 9.84 Å². The van der Waals surface area contributed by atoms with Crippen molar-refractivity contribution in [2.75, 3.05) is 0 Å². The van der Waals surface area contributed by atoms with E-state index in [9.17, 15) is 9.90 Å². The molecule has 1 aliphatic rings. The van der Waals surface area contributed by atoms with Gasteiger partial charge in [0, 0.05) is 6.42 Å². The standard InChI is InChI=1S/C12H14O4/c1-12(2)10(16-12)6-8-5-7(11(14)15)3-4-9(8)13/h3-5,10,13H,6H2,1-2H3,(H,14,15)/t10-/m1/s1. The number of hydrogen-bond acceptors (Lipinski definition) is 3. The number of phenols is 1. The Morgan fingerprint density at radius 3 is 2.62 bits per heavy atom. The second kappa shape index (κ2) is 3.49. The first kappa shape index (κ1) is 11.0. The van der Waals surface area contributed by atoms with E-state index in [0.29, 0.717) is 12.0 Å². The third-order valence-electron chi connectivity index (χ3n) is 2.90. The Hall–Kier alpha value is -1.55. The average molecular weight is 222 g/mol. The number of hydrogen-bond donors (Lipinski definition) is 2. The van der Waals surface area contributed by atoms with Gasteiger partial charge in [0.05, 0.1) is 17.3 Å². The number of phenolic OH excluding ortho intramolecular Hbond substituents is 1. The Balaban J connectivity index is 2.20. The number of carbonyl (C=O) groups is 1. The number of aromatic carboxylic acids is 1. The maximum Gasteiger partial charge on any atom is 0.335 e. The summed E-state index contributed by atoms with van der Waals surface area (Å²) in [6.45, 7) is 3.94. The molecule has 0 saturated carbocycles. The van der Waals surface area contributed by atoms with Crippen LogP contribution in [0.3, 0.4) is 0 Å². The number of epoxide rings is 1. The summed E-state index contributed by atoms with van der Waals surface area (Å²) in [6, 6.07) is 4.30. The first-order chi connectivity index (χ1) is 7.40. The zero-order valence-electron chi connectivity index (χ0n) is 9.23. The van der Waals surface area contributed by atoms with Gasteiger partial charge in [-0.05, 0) is 37.6 Å². The minimum absolute atomic E-state index is 0.0578. The summed E-state index contributed by atoms with van der Waals surface area (Å²) < 4.78 is 5.41. The highest BCUT2D eigenvalue weighted by Gasteiger charge is 2.47. The molecule has 1 aromatic rings. The lowest BCUT2D eigenvalue weighted by Gasteiger charge is -2.04. The second-order valence-electron chi connectivity index (χ2n) is 4.56. The number of aromatic hydroxyl groups is 1. The third-order valence-corrected chi connectivity index (χ3v) is 2.90. The molecule has 0 aliphatic carbocycles. The molecule has 4 nitrogen and oxygen atoms in total. The van der Waals surface area contributed by atoms with Gasteiger partial charge in [0.2, 0.25) is 0 Å². The molecule has 1 saturated heterocycles. The van der Waals surface area contributed by atoms with Crippen LogP contribution in [0.1, 0.15) is 29.8 Å². The lowest BCUT2D eigenvalue weighted by atomic mass is 10.0. The van der Waals surface area contributed by atoms with E-state index < -0.39 is 5.97 Å². The van der Waals surface area contributed by atoms with Crippen LogP contribution in [0.4, 0.5) is 0 Å². The summed E-state index contributed by atoms with van der Waals surface area (Å²) in [4.78, 5) is 10.8. The summed E-state index contributed by atoms with van der Waals surface area (Å²) >= 11 is 0. The van der Waals surface area contributed by atoms with Crippen LogP contribution in [-0.2, 0) is 11.2 Å². The van der Waals surface area contributed by atoms with Crippen LogP contribution in [-0.4, -0.2) is 27.9 Å². The Morgan fingerprint density at radius 2 is 2.12 bits per heavy atom. The smallest absolute Gasteiger partial charge is 0.335 e. The molecule has 1 aromatic carbocycles. The zero-order chi connectivity index (χ0) is 11.9. The lowest BCUT2D eigenvalue weighted by molar-refractivity contribution is 0.0696. The molecule has 0 amide bonds. The van der Waals surface area contributed by atoms with E-state index in [1.807, 2.05) is 13.8 Å². The van der Waals surface area contributed by atoms with Crippen molar-refractivity contribution in [3.8, 4) is 5.75 Å². The fraction of sp³-hybridized carbons (Fsp3) is 0.417. The van der Waals surface area contributed by atoms with E-state index in [0.717, 1.165) is 0 Å². The Morgan fingerprint density at radius 1 is 1.50 bits per heavy atom. The summed E-state index contributed by atoms with van der Waals surface area (Å²) in [5, 5.41) is 18.5. The molecule has 0 radical (unpaired) electrons. The van der Waals surface area contributed by atoms with Crippen LogP contribution in [0, 0.1) is 0 Å². The minimum atomic E-state index is -0.989. The van der Waals surface area contributed by atoms with Crippen LogP contribution < -0.4 is 0 Å². The van der Waals surface area contributed by atoms with Crippen LogP contribution in [0.2, 0.25) is 0 Å². The maximum atomic E-state index is 10.8. The van der Waals surface area contributed by atoms with Gasteiger partial charge in [-0.15, -0.1) is 0 Å². The molecule has 1 aliphatic heterocycles. The minimum Gasteiger partial charge on any atom is -0.508 e. The molecule has 2 N–H and O–H groups in total. The van der Waals surface area contributed by atoms with E-state index in [2.05, 4.69) is 0 Å². The van der Waals surface area contributed by atoms with Crippen molar-refractivity contribution in [3.05, 3.63) is 29.3 Å². The molecule has 1 atom stereocenters. The highest BCUT2D eigenvalue weighted by Crippen LogP contribution is 2.39. The van der Waals surface area contributed by atoms with Crippen molar-refractivity contribution >= 4 is 5.97 Å². The lowest BCUT2D eigenvalue weighted by Crippen LogP contribution is -2.07. The van der Waals surface area contributed by atoms with Gasteiger partial charge in [0.1, 0.15) is 5.75 Å². The topological polar surface area (TPSA) is 70.1 Å². The summed E-state index contributed by atoms with van der Waals surface area (Å²) in [5.41, 5.74) is 0.646. The van der Waals surface area contributed by atoms with Gasteiger partial charge in [-0.25, -0.2) is 4.79 Å². The molecule has 16 heavy (non-hydrogen) atoms. The fourth-order valence-corrected chi connectivity index (χ4v) is 1.70. The largest absolute Gasteiger partial charge is 0.508 e. The number of carboxylic acid groups (broad SMARTS) is 1. The van der Waals surface area contributed by atoms with Crippen LogP contribution >= 0.6 is 0 Å². The van der Waals surface area contributed by atoms with Gasteiger partial charge in [-0.1, -0.05) is 0 Å². The monoisotopic (exact) mass is 222 g/mol. The number of benzene rings is 1. The highest BCUT2D eigenvalue weighted by molar-refractivity contribution is 5.88. The van der Waals surface area contributed by atoms with Crippen molar-refractivity contribution in [1.29, 1.82) is 0 Å². The van der Waals surface area contributed by atoms with Gasteiger partial charge in [-0.2, -0.15) is 0 Å². The van der Waals surface area contributed by atoms with Crippen molar-refractivity contribution in [2.45, 2.75) is 32.0 Å². The second-order valence-corrected chi connectivity index (χ2v) is 4.56. The maximum absolute atomic E-state index is 10.8. The summed E-state index contributed by atoms with van der Waals surface area (Å²) in [5.74, 6) is -0.867.